The minimum absolute atomic E-state index is 0.0503. The van der Waals surface area contributed by atoms with E-state index >= 15 is 0 Å². The number of amides is 2. The van der Waals surface area contributed by atoms with Crippen LogP contribution in [-0.4, -0.2) is 65.8 Å². The SMILES string of the molecule is CCCC(=O)N1CCC(C(=O)N2CCCN(Cc3ccc(F)cc3)CC2)CC1. The Morgan fingerprint density at radius 3 is 2.36 bits per heavy atom. The van der Waals surface area contributed by atoms with Crippen molar-refractivity contribution >= 4 is 11.8 Å². The summed E-state index contributed by atoms with van der Waals surface area (Å²) in [5, 5.41) is 0. The van der Waals surface area contributed by atoms with Gasteiger partial charge in [-0.05, 0) is 43.4 Å². The maximum Gasteiger partial charge on any atom is 0.225 e. The van der Waals surface area contributed by atoms with Crippen LogP contribution in [0.1, 0.15) is 44.6 Å². The Kier molecular flexibility index (Phi) is 7.43. The highest BCUT2D eigenvalue weighted by molar-refractivity contribution is 5.80. The second-order valence-corrected chi connectivity index (χ2v) is 7.99. The van der Waals surface area contributed by atoms with Crippen LogP contribution in [-0.2, 0) is 16.1 Å². The van der Waals surface area contributed by atoms with Crippen molar-refractivity contribution in [3.8, 4) is 0 Å². The van der Waals surface area contributed by atoms with Crippen molar-refractivity contribution in [1.82, 2.24) is 14.7 Å². The molecule has 28 heavy (non-hydrogen) atoms. The smallest absolute Gasteiger partial charge is 0.225 e. The van der Waals surface area contributed by atoms with E-state index in [4.69, 9.17) is 0 Å². The van der Waals surface area contributed by atoms with Crippen LogP contribution in [0, 0.1) is 11.7 Å². The minimum atomic E-state index is -0.209. The number of benzene rings is 1. The minimum Gasteiger partial charge on any atom is -0.343 e. The lowest BCUT2D eigenvalue weighted by Crippen LogP contribution is -2.45. The molecule has 154 valence electrons. The lowest BCUT2D eigenvalue weighted by molar-refractivity contribution is -0.140. The lowest BCUT2D eigenvalue weighted by atomic mass is 9.95. The van der Waals surface area contributed by atoms with Crippen molar-refractivity contribution in [2.24, 2.45) is 5.92 Å². The first-order valence-electron chi connectivity index (χ1n) is 10.6. The van der Waals surface area contributed by atoms with Gasteiger partial charge >= 0.3 is 0 Å². The Morgan fingerprint density at radius 1 is 0.964 bits per heavy atom. The fourth-order valence-corrected chi connectivity index (χ4v) is 4.20. The Hall–Kier alpha value is -1.95. The zero-order valence-electron chi connectivity index (χ0n) is 16.9. The third-order valence-electron chi connectivity index (χ3n) is 5.88. The van der Waals surface area contributed by atoms with Crippen LogP contribution in [0.5, 0.6) is 0 Å². The third kappa shape index (κ3) is 5.53. The molecule has 2 aliphatic heterocycles. The quantitative estimate of drug-likeness (QED) is 0.778. The van der Waals surface area contributed by atoms with Gasteiger partial charge in [0.1, 0.15) is 5.82 Å². The van der Waals surface area contributed by atoms with Crippen molar-refractivity contribution in [2.45, 2.75) is 45.6 Å². The van der Waals surface area contributed by atoms with Gasteiger partial charge in [-0.1, -0.05) is 19.1 Å². The molecule has 0 aliphatic carbocycles. The molecule has 0 spiro atoms. The number of nitrogens with zero attached hydrogens (tertiary/aromatic N) is 3. The molecule has 2 aliphatic rings. The third-order valence-corrected chi connectivity index (χ3v) is 5.88. The monoisotopic (exact) mass is 389 g/mol. The summed E-state index contributed by atoms with van der Waals surface area (Å²) in [4.78, 5) is 31.3. The molecule has 2 saturated heterocycles. The van der Waals surface area contributed by atoms with E-state index in [9.17, 15) is 14.0 Å². The maximum atomic E-state index is 13.1. The number of likely N-dealkylation sites (tertiary alicyclic amines) is 1. The first-order valence-corrected chi connectivity index (χ1v) is 10.6. The van der Waals surface area contributed by atoms with Gasteiger partial charge in [0.2, 0.25) is 11.8 Å². The predicted molar refractivity (Wildman–Crippen MR) is 107 cm³/mol. The molecular weight excluding hydrogens is 357 g/mol. The summed E-state index contributed by atoms with van der Waals surface area (Å²) in [5.74, 6) is 0.319. The predicted octanol–water partition coefficient (Wildman–Crippen LogP) is 2.90. The second kappa shape index (κ2) is 10.0. The molecule has 0 N–H and O–H groups in total. The molecule has 3 rings (SSSR count). The molecule has 6 heteroatoms. The summed E-state index contributed by atoms with van der Waals surface area (Å²) in [6.45, 7) is 7.57. The van der Waals surface area contributed by atoms with Gasteiger partial charge in [0.25, 0.3) is 0 Å². The summed E-state index contributed by atoms with van der Waals surface area (Å²) in [7, 11) is 0. The Balaban J connectivity index is 1.46. The number of hydrogen-bond acceptors (Lipinski definition) is 3. The molecule has 0 aromatic heterocycles. The Morgan fingerprint density at radius 2 is 1.68 bits per heavy atom. The summed E-state index contributed by atoms with van der Waals surface area (Å²) in [6.07, 6.45) is 4.00. The second-order valence-electron chi connectivity index (χ2n) is 7.99. The van der Waals surface area contributed by atoms with Crippen molar-refractivity contribution in [3.63, 3.8) is 0 Å². The van der Waals surface area contributed by atoms with Crippen LogP contribution in [0.3, 0.4) is 0 Å². The van der Waals surface area contributed by atoms with Gasteiger partial charge in [0, 0.05) is 58.2 Å². The van der Waals surface area contributed by atoms with Crippen LogP contribution in [0.4, 0.5) is 4.39 Å². The van der Waals surface area contributed by atoms with E-state index in [-0.39, 0.29) is 23.5 Å². The molecular formula is C22H32FN3O2. The molecule has 1 aromatic rings. The largest absolute Gasteiger partial charge is 0.343 e. The fraction of sp³-hybridized carbons (Fsp3) is 0.636. The van der Waals surface area contributed by atoms with Gasteiger partial charge in [0.05, 0.1) is 0 Å². The van der Waals surface area contributed by atoms with Crippen LogP contribution in [0.15, 0.2) is 24.3 Å². The normalized spacial score (nSPS) is 19.5. The molecule has 2 fully saturated rings. The fourth-order valence-electron chi connectivity index (χ4n) is 4.20. The molecule has 0 bridgehead atoms. The highest BCUT2D eigenvalue weighted by Crippen LogP contribution is 2.21. The molecule has 2 amide bonds. The number of halogens is 1. The number of piperidine rings is 1. The van der Waals surface area contributed by atoms with Crippen molar-refractivity contribution in [3.05, 3.63) is 35.6 Å². The first-order chi connectivity index (χ1) is 13.6. The van der Waals surface area contributed by atoms with Crippen LogP contribution in [0.25, 0.3) is 0 Å². The van der Waals surface area contributed by atoms with Crippen LogP contribution >= 0.6 is 0 Å². The Bertz CT molecular complexity index is 656. The van der Waals surface area contributed by atoms with E-state index in [1.54, 1.807) is 0 Å². The van der Waals surface area contributed by atoms with Crippen molar-refractivity contribution in [2.75, 3.05) is 39.3 Å². The van der Waals surface area contributed by atoms with Crippen LogP contribution in [0.2, 0.25) is 0 Å². The molecule has 0 saturated carbocycles. The van der Waals surface area contributed by atoms with Crippen molar-refractivity contribution < 1.29 is 14.0 Å². The first kappa shape index (κ1) is 20.8. The number of carbonyl (C=O) groups is 2. The van der Waals surface area contributed by atoms with E-state index < -0.39 is 0 Å². The van der Waals surface area contributed by atoms with Gasteiger partial charge in [-0.25, -0.2) is 4.39 Å². The van der Waals surface area contributed by atoms with Gasteiger partial charge in [-0.15, -0.1) is 0 Å². The average Bonchev–Trinajstić information content (AvgIpc) is 2.95. The molecule has 1 aromatic carbocycles. The molecule has 0 unspecified atom stereocenters. The molecule has 5 nitrogen and oxygen atoms in total. The van der Waals surface area contributed by atoms with Crippen LogP contribution < -0.4 is 0 Å². The van der Waals surface area contributed by atoms with Gasteiger partial charge in [-0.3, -0.25) is 14.5 Å². The molecule has 2 heterocycles. The highest BCUT2D eigenvalue weighted by atomic mass is 19.1. The van der Waals surface area contributed by atoms with Gasteiger partial charge in [-0.2, -0.15) is 0 Å². The van der Waals surface area contributed by atoms with E-state index in [0.29, 0.717) is 19.5 Å². The summed E-state index contributed by atoms with van der Waals surface area (Å²) >= 11 is 0. The number of hydrogen-bond donors (Lipinski definition) is 0. The van der Waals surface area contributed by atoms with E-state index in [1.165, 1.54) is 12.1 Å². The lowest BCUT2D eigenvalue weighted by Gasteiger charge is -2.34. The zero-order valence-corrected chi connectivity index (χ0v) is 16.9. The van der Waals surface area contributed by atoms with Gasteiger partial charge < -0.3 is 9.80 Å². The van der Waals surface area contributed by atoms with Crippen molar-refractivity contribution in [1.29, 1.82) is 0 Å². The van der Waals surface area contributed by atoms with Gasteiger partial charge in [0.15, 0.2) is 0 Å². The summed E-state index contributed by atoms with van der Waals surface area (Å²) in [5.41, 5.74) is 1.10. The molecule has 0 radical (unpaired) electrons. The topological polar surface area (TPSA) is 43.9 Å². The highest BCUT2D eigenvalue weighted by Gasteiger charge is 2.30. The number of rotatable bonds is 5. The zero-order chi connectivity index (χ0) is 19.9. The van der Waals surface area contributed by atoms with E-state index in [2.05, 4.69) is 4.90 Å². The maximum absolute atomic E-state index is 13.1. The summed E-state index contributed by atoms with van der Waals surface area (Å²) < 4.78 is 13.1. The standard InChI is InChI=1S/C22H32FN3O2/c1-2-4-21(27)25-13-9-19(10-14-25)22(28)26-12-3-11-24(15-16-26)17-18-5-7-20(23)8-6-18/h5-8,19H,2-4,9-17H2,1H3. The summed E-state index contributed by atoms with van der Waals surface area (Å²) in [6, 6.07) is 6.66. The Labute approximate surface area is 167 Å². The van der Waals surface area contributed by atoms with E-state index in [1.807, 2.05) is 28.9 Å². The number of carbonyl (C=O) groups excluding carboxylic acids is 2. The van der Waals surface area contributed by atoms with E-state index in [0.717, 1.165) is 64.0 Å². The molecule has 0 atom stereocenters. The average molecular weight is 390 g/mol.